The van der Waals surface area contributed by atoms with Crippen molar-refractivity contribution in [2.75, 3.05) is 0 Å². The minimum absolute atomic E-state index is 0.196. The Morgan fingerprint density at radius 3 is 1.74 bits per heavy atom. The lowest BCUT2D eigenvalue weighted by molar-refractivity contribution is -0.198. The van der Waals surface area contributed by atoms with Gasteiger partial charge in [-0.25, -0.2) is 0 Å². The van der Waals surface area contributed by atoms with Gasteiger partial charge in [0.1, 0.15) is 0 Å². The number of ketones is 1. The maximum Gasteiger partial charge on any atom is 0.416 e. The number of carbonyl (C=O) groups excluding carboxylic acids is 1. The lowest BCUT2D eigenvalue weighted by Crippen LogP contribution is -2.48. The number of halogens is 3. The molecular weight excluding hydrogens is 618 g/mol. The largest absolute Gasteiger partial charge is 0.636 e. The zero-order chi connectivity index (χ0) is 33.8. The van der Waals surface area contributed by atoms with E-state index >= 15 is 4.89 Å². The molecule has 0 unspecified atom stereocenters. The summed E-state index contributed by atoms with van der Waals surface area (Å²) in [5.41, 5.74) is 2.17. The van der Waals surface area contributed by atoms with E-state index in [9.17, 15) is 18.0 Å². The van der Waals surface area contributed by atoms with Gasteiger partial charge in [-0.15, -0.1) is 9.34 Å². The Morgan fingerprint density at radius 2 is 1.28 bits per heavy atom. The zero-order valence-corrected chi connectivity index (χ0v) is 27.9. The highest BCUT2D eigenvalue weighted by Crippen LogP contribution is 2.72. The van der Waals surface area contributed by atoms with Gasteiger partial charge in [-0.3, -0.25) is 4.79 Å². The van der Waals surface area contributed by atoms with Crippen LogP contribution in [-0.2, 0) is 11.0 Å². The van der Waals surface area contributed by atoms with Crippen molar-refractivity contribution in [2.45, 2.75) is 70.5 Å². The second-order valence-corrected chi connectivity index (χ2v) is 14.7. The number of nitrogens with one attached hydrogen (secondary N) is 1. The van der Waals surface area contributed by atoms with Crippen LogP contribution >= 0.6 is 7.94 Å². The molecule has 1 N–H and O–H groups in total. The van der Waals surface area contributed by atoms with Crippen LogP contribution in [0.5, 0.6) is 0 Å². The first-order chi connectivity index (χ1) is 22.4. The molecule has 4 aromatic rings. The molecule has 1 fully saturated rings. The predicted octanol–water partition coefficient (Wildman–Crippen LogP) is 8.96. The number of hydrogen-bond acceptors (Lipinski definition) is 5. The maximum atomic E-state index is 15.9. The van der Waals surface area contributed by atoms with Gasteiger partial charge >= 0.3 is 6.18 Å². The van der Waals surface area contributed by atoms with Crippen molar-refractivity contribution >= 4 is 19.8 Å². The number of allylic oxidation sites excluding steroid dienone is 1. The van der Waals surface area contributed by atoms with Crippen LogP contribution in [0.2, 0.25) is 0 Å². The fourth-order valence-corrected chi connectivity index (χ4v) is 10.1. The van der Waals surface area contributed by atoms with Gasteiger partial charge in [-0.1, -0.05) is 109 Å². The Kier molecular flexibility index (Phi) is 10.8. The summed E-state index contributed by atoms with van der Waals surface area (Å²) >= 11 is 0. The molecule has 0 saturated carbocycles. The summed E-state index contributed by atoms with van der Waals surface area (Å²) in [6.07, 6.45) is -1.66. The van der Waals surface area contributed by atoms with E-state index in [-0.39, 0.29) is 41.9 Å². The standard InChI is InChI=1S/C38H41F3N3O2P/c1-27(2)43-36(30-17-10-6-11-18-30)37(31-19-12-7-13-20-31)44(28(3)4)47(43,46)42-35(32-21-14-22-33(25-32)38(39,40)41)26-34(45)24-23-29-15-8-5-9-16-29/h5-25,27-28,35-37H,26H2,1-4H3,(H,42,46)/b24-23+/t35-,36-,37-/m0/s1. The Balaban J connectivity index is 1.64. The molecule has 0 aromatic heterocycles. The normalized spacial score (nSPS) is 19.5. The van der Waals surface area contributed by atoms with Gasteiger partial charge in [-0.05, 0) is 68.2 Å². The van der Waals surface area contributed by atoms with Crippen molar-refractivity contribution in [2.24, 2.45) is 0 Å². The van der Waals surface area contributed by atoms with E-state index in [0.29, 0.717) is 0 Å². The summed E-state index contributed by atoms with van der Waals surface area (Å²) < 4.78 is 45.7. The number of rotatable bonds is 11. The van der Waals surface area contributed by atoms with Gasteiger partial charge in [0.2, 0.25) is 0 Å². The van der Waals surface area contributed by atoms with Crippen LogP contribution in [0.25, 0.3) is 6.08 Å². The molecule has 5 nitrogen and oxygen atoms in total. The number of hydrogen-bond donors (Lipinski definition) is 1. The van der Waals surface area contributed by atoms with Crippen LogP contribution in [0.4, 0.5) is 13.2 Å². The minimum Gasteiger partial charge on any atom is -0.636 e. The molecule has 246 valence electrons. The Hall–Kier alpha value is -3.65. The van der Waals surface area contributed by atoms with Crippen molar-refractivity contribution in [3.63, 3.8) is 0 Å². The molecule has 3 atom stereocenters. The van der Waals surface area contributed by atoms with Crippen LogP contribution in [-0.4, -0.2) is 27.2 Å². The summed E-state index contributed by atoms with van der Waals surface area (Å²) in [5, 5.41) is 3.36. The van der Waals surface area contributed by atoms with E-state index in [1.54, 1.807) is 12.1 Å². The highest BCUT2D eigenvalue weighted by molar-refractivity contribution is 7.62. The third-order valence-electron chi connectivity index (χ3n) is 8.44. The molecule has 1 heterocycles. The Morgan fingerprint density at radius 1 is 0.787 bits per heavy atom. The molecule has 1 saturated heterocycles. The van der Waals surface area contributed by atoms with Crippen molar-refractivity contribution in [1.29, 1.82) is 0 Å². The summed E-state index contributed by atoms with van der Waals surface area (Å²) in [6, 6.07) is 31.9. The second kappa shape index (κ2) is 14.6. The predicted molar refractivity (Wildman–Crippen MR) is 182 cm³/mol. The smallest absolute Gasteiger partial charge is 0.416 e. The molecule has 1 aliphatic heterocycles. The van der Waals surface area contributed by atoms with Crippen molar-refractivity contribution in [3.8, 4) is 0 Å². The summed E-state index contributed by atoms with van der Waals surface area (Å²) in [6.45, 7) is 7.90. The third kappa shape index (κ3) is 7.75. The molecule has 0 radical (unpaired) electrons. The number of benzene rings is 4. The average Bonchev–Trinajstić information content (AvgIpc) is 3.33. The Labute approximate surface area is 276 Å². The van der Waals surface area contributed by atoms with E-state index in [2.05, 4.69) is 5.09 Å². The molecule has 0 bridgehead atoms. The van der Waals surface area contributed by atoms with Gasteiger partial charge in [0.15, 0.2) is 13.7 Å². The van der Waals surface area contributed by atoms with E-state index in [1.807, 2.05) is 128 Å². The summed E-state index contributed by atoms with van der Waals surface area (Å²) in [5.74, 6) is -0.305. The van der Waals surface area contributed by atoms with E-state index in [1.165, 1.54) is 12.1 Å². The highest BCUT2D eigenvalue weighted by Gasteiger charge is 2.62. The van der Waals surface area contributed by atoms with Gasteiger partial charge in [0.25, 0.3) is 0 Å². The number of nitrogens with zero attached hydrogens (tertiary/aromatic N) is 2. The zero-order valence-electron chi connectivity index (χ0n) is 27.0. The molecule has 1 aliphatic rings. The number of carbonyl (C=O) groups is 1. The van der Waals surface area contributed by atoms with Crippen LogP contribution < -0.4 is 9.98 Å². The maximum absolute atomic E-state index is 15.9. The lowest BCUT2D eigenvalue weighted by Gasteiger charge is -2.45. The molecule has 47 heavy (non-hydrogen) atoms. The lowest BCUT2D eigenvalue weighted by atomic mass is 9.92. The molecular formula is C38H41F3N3O2P. The fraction of sp³-hybridized carbons (Fsp3) is 0.289. The van der Waals surface area contributed by atoms with E-state index in [4.69, 9.17) is 0 Å². The Bertz CT molecular complexity index is 1590. The van der Waals surface area contributed by atoms with Gasteiger partial charge in [0.05, 0.1) is 23.7 Å². The first kappa shape index (κ1) is 34.7. The second-order valence-electron chi connectivity index (χ2n) is 12.4. The molecule has 0 amide bonds. The monoisotopic (exact) mass is 659 g/mol. The van der Waals surface area contributed by atoms with Crippen molar-refractivity contribution < 1.29 is 22.9 Å². The van der Waals surface area contributed by atoms with Crippen LogP contribution in [0.1, 0.15) is 80.1 Å². The van der Waals surface area contributed by atoms with Crippen LogP contribution in [0.15, 0.2) is 121 Å². The average molecular weight is 660 g/mol. The van der Waals surface area contributed by atoms with Gasteiger partial charge in [-0.2, -0.15) is 18.3 Å². The first-order valence-electron chi connectivity index (χ1n) is 15.9. The van der Waals surface area contributed by atoms with E-state index in [0.717, 1.165) is 28.8 Å². The molecule has 0 spiro atoms. The minimum atomic E-state index is -4.58. The topological polar surface area (TPSA) is 58.6 Å². The molecule has 4 aromatic carbocycles. The SMILES string of the molecule is CC(C)N1[C@@H](c2ccccc2)[C@H](c2ccccc2)N(C(C)C)[P+]1([O-])N[C@@H](CC(=O)/C=C/c1ccccc1)c1cccc(C(F)(F)F)c1. The van der Waals surface area contributed by atoms with Crippen molar-refractivity contribution in [1.82, 2.24) is 14.4 Å². The van der Waals surface area contributed by atoms with E-state index < -0.39 is 25.7 Å². The molecule has 9 heteroatoms. The molecule has 0 aliphatic carbocycles. The van der Waals surface area contributed by atoms with Crippen LogP contribution in [0.3, 0.4) is 0 Å². The third-order valence-corrected chi connectivity index (χ3v) is 11.8. The molecule has 5 rings (SSSR count). The van der Waals surface area contributed by atoms with Crippen molar-refractivity contribution in [3.05, 3.63) is 149 Å². The van der Waals surface area contributed by atoms with Gasteiger partial charge < -0.3 is 4.89 Å². The highest BCUT2D eigenvalue weighted by atomic mass is 31.2. The van der Waals surface area contributed by atoms with Crippen LogP contribution in [0, 0.1) is 0 Å². The fourth-order valence-electron chi connectivity index (χ4n) is 6.51. The van der Waals surface area contributed by atoms with Gasteiger partial charge in [0, 0.05) is 18.5 Å². The summed E-state index contributed by atoms with van der Waals surface area (Å²) in [7, 11) is -3.80. The first-order valence-corrected chi connectivity index (χ1v) is 17.5. The number of alkyl halides is 3. The summed E-state index contributed by atoms with van der Waals surface area (Å²) in [4.78, 5) is 29.4. The quantitative estimate of drug-likeness (QED) is 0.129.